The number of rotatable bonds is 4. The molecule has 3 aromatic carbocycles. The number of fused-ring (bicyclic) bond motifs is 2. The first kappa shape index (κ1) is 16.2. The van der Waals surface area contributed by atoms with Crippen LogP contribution in [0, 0.1) is 11.6 Å². The second kappa shape index (κ2) is 6.83. The molecule has 0 N–H and O–H groups in total. The van der Waals surface area contributed by atoms with Crippen molar-refractivity contribution in [2.45, 2.75) is 19.8 Å². The van der Waals surface area contributed by atoms with Crippen molar-refractivity contribution in [1.82, 2.24) is 0 Å². The molecule has 3 nitrogen and oxygen atoms in total. The smallest absolute Gasteiger partial charge is 0.434 e. The molecule has 0 saturated carbocycles. The molecule has 3 rings (SSSR count). The number of benzene rings is 3. The summed E-state index contributed by atoms with van der Waals surface area (Å²) >= 11 is 0. The highest BCUT2D eigenvalue weighted by atomic mass is 19.1. The second-order valence-corrected chi connectivity index (χ2v) is 5.47. The molecule has 0 bridgehead atoms. The Morgan fingerprint density at radius 1 is 1.08 bits per heavy atom. The number of ether oxygens (including phenoxy) is 2. The van der Waals surface area contributed by atoms with E-state index in [2.05, 4.69) is 0 Å². The van der Waals surface area contributed by atoms with Gasteiger partial charge in [-0.1, -0.05) is 37.6 Å². The summed E-state index contributed by atoms with van der Waals surface area (Å²) in [5.74, 6) is -1.43. The lowest BCUT2D eigenvalue weighted by Gasteiger charge is -2.12. The van der Waals surface area contributed by atoms with Crippen LogP contribution in [0.4, 0.5) is 13.6 Å². The van der Waals surface area contributed by atoms with Gasteiger partial charge in [-0.05, 0) is 29.3 Å². The first-order valence-electron chi connectivity index (χ1n) is 7.75. The summed E-state index contributed by atoms with van der Waals surface area (Å²) in [4.78, 5) is 11.9. The molecule has 0 aliphatic rings. The topological polar surface area (TPSA) is 35.5 Å². The van der Waals surface area contributed by atoms with Crippen LogP contribution in [0.5, 0.6) is 5.75 Å². The summed E-state index contributed by atoms with van der Waals surface area (Å²) in [7, 11) is 0. The van der Waals surface area contributed by atoms with Gasteiger partial charge in [0.05, 0.1) is 12.0 Å². The molecular formula is C19H16F2O3. The zero-order valence-corrected chi connectivity index (χ0v) is 13.1. The molecule has 0 fully saturated rings. The van der Waals surface area contributed by atoms with Gasteiger partial charge in [-0.15, -0.1) is 0 Å². The summed E-state index contributed by atoms with van der Waals surface area (Å²) < 4.78 is 38.1. The maximum atomic E-state index is 14.3. The largest absolute Gasteiger partial charge is 0.513 e. The molecule has 5 heteroatoms. The van der Waals surface area contributed by atoms with Crippen molar-refractivity contribution in [3.63, 3.8) is 0 Å². The molecule has 0 aromatic heterocycles. The van der Waals surface area contributed by atoms with Crippen molar-refractivity contribution >= 4 is 27.7 Å². The summed E-state index contributed by atoms with van der Waals surface area (Å²) in [5, 5.41) is 1.65. The third-order valence-electron chi connectivity index (χ3n) is 3.73. The Morgan fingerprint density at radius 2 is 1.88 bits per heavy atom. The minimum absolute atomic E-state index is 0.0436. The monoisotopic (exact) mass is 330 g/mol. The van der Waals surface area contributed by atoms with Crippen LogP contribution in [0.15, 0.2) is 42.5 Å². The van der Waals surface area contributed by atoms with Crippen molar-refractivity contribution in [2.75, 3.05) is 6.61 Å². The fraction of sp³-hybridized carbons (Fsp3) is 0.211. The molecule has 3 aromatic rings. The van der Waals surface area contributed by atoms with Crippen molar-refractivity contribution in [1.29, 1.82) is 0 Å². The van der Waals surface area contributed by atoms with Crippen molar-refractivity contribution in [3.05, 3.63) is 54.1 Å². The van der Waals surface area contributed by atoms with Gasteiger partial charge in [-0.2, -0.15) is 0 Å². The third kappa shape index (κ3) is 3.15. The Hall–Kier alpha value is -2.69. The minimum Gasteiger partial charge on any atom is -0.434 e. The van der Waals surface area contributed by atoms with Gasteiger partial charge in [0, 0.05) is 11.5 Å². The Labute approximate surface area is 137 Å². The molecule has 0 heterocycles. The second-order valence-electron chi connectivity index (χ2n) is 5.47. The number of halogens is 2. The molecule has 0 radical (unpaired) electrons. The fourth-order valence-corrected chi connectivity index (χ4v) is 2.60. The van der Waals surface area contributed by atoms with Crippen LogP contribution in [0.3, 0.4) is 0 Å². The van der Waals surface area contributed by atoms with E-state index in [1.165, 1.54) is 6.07 Å². The first-order chi connectivity index (χ1) is 11.6. The number of hydrogen-bond donors (Lipinski definition) is 0. The Bertz CT molecular complexity index is 906. The number of hydrogen-bond acceptors (Lipinski definition) is 3. The Morgan fingerprint density at radius 3 is 2.67 bits per heavy atom. The molecule has 0 amide bonds. The van der Waals surface area contributed by atoms with Gasteiger partial charge in [0.15, 0.2) is 5.75 Å². The van der Waals surface area contributed by atoms with Gasteiger partial charge in [-0.3, -0.25) is 0 Å². The highest BCUT2D eigenvalue weighted by Crippen LogP contribution is 2.37. The fourth-order valence-electron chi connectivity index (χ4n) is 2.60. The zero-order chi connectivity index (χ0) is 17.1. The van der Waals surface area contributed by atoms with E-state index in [0.29, 0.717) is 22.6 Å². The number of carbonyl (C=O) groups excluding carboxylic acids is 1. The average Bonchev–Trinajstić information content (AvgIpc) is 2.54. The first-order valence-corrected chi connectivity index (χ1v) is 7.75. The maximum absolute atomic E-state index is 14.3. The minimum atomic E-state index is -0.898. The van der Waals surface area contributed by atoms with Crippen LogP contribution in [-0.4, -0.2) is 12.8 Å². The highest BCUT2D eigenvalue weighted by Gasteiger charge is 2.17. The Kier molecular flexibility index (Phi) is 4.60. The van der Waals surface area contributed by atoms with Crippen LogP contribution in [-0.2, 0) is 4.74 Å². The van der Waals surface area contributed by atoms with E-state index in [4.69, 9.17) is 9.47 Å². The molecule has 0 aliphatic carbocycles. The van der Waals surface area contributed by atoms with Gasteiger partial charge in [0.2, 0.25) is 0 Å². The molecule has 24 heavy (non-hydrogen) atoms. The van der Waals surface area contributed by atoms with Crippen molar-refractivity contribution < 1.29 is 23.0 Å². The van der Waals surface area contributed by atoms with Crippen LogP contribution < -0.4 is 4.74 Å². The van der Waals surface area contributed by atoms with Gasteiger partial charge >= 0.3 is 6.16 Å². The van der Waals surface area contributed by atoms with Gasteiger partial charge in [-0.25, -0.2) is 13.6 Å². The molecule has 0 aliphatic heterocycles. The van der Waals surface area contributed by atoms with E-state index in [1.807, 2.05) is 6.92 Å². The standard InChI is InChI=1S/C19H16F2O3/c1-2-3-8-23-19(22)24-18-15-7-5-4-6-12(15)9-13-10-14(20)11-16(21)17(13)18/h4-7,9-11H,2-3,8H2,1H3. The van der Waals surface area contributed by atoms with Crippen LogP contribution >= 0.6 is 0 Å². The van der Waals surface area contributed by atoms with Crippen molar-refractivity contribution in [3.8, 4) is 5.75 Å². The average molecular weight is 330 g/mol. The van der Waals surface area contributed by atoms with E-state index in [9.17, 15) is 13.6 Å². The van der Waals surface area contributed by atoms with Crippen LogP contribution in [0.25, 0.3) is 21.5 Å². The van der Waals surface area contributed by atoms with Crippen LogP contribution in [0.1, 0.15) is 19.8 Å². The SMILES string of the molecule is CCCCOC(=O)Oc1c2ccccc2cc2cc(F)cc(F)c12. The lowest BCUT2D eigenvalue weighted by atomic mass is 10.0. The molecular weight excluding hydrogens is 314 g/mol. The van der Waals surface area contributed by atoms with E-state index in [0.717, 1.165) is 12.5 Å². The normalized spacial score (nSPS) is 11.0. The van der Waals surface area contributed by atoms with Gasteiger partial charge in [0.1, 0.15) is 11.6 Å². The molecule has 0 saturated heterocycles. The molecule has 0 atom stereocenters. The summed E-state index contributed by atoms with van der Waals surface area (Å²) in [5.41, 5.74) is 0. The number of carbonyl (C=O) groups is 1. The van der Waals surface area contributed by atoms with Crippen molar-refractivity contribution in [2.24, 2.45) is 0 Å². The predicted octanol–water partition coefficient (Wildman–Crippen LogP) is 5.59. The third-order valence-corrected chi connectivity index (χ3v) is 3.73. The zero-order valence-electron chi connectivity index (χ0n) is 13.1. The quantitative estimate of drug-likeness (QED) is 0.271. The van der Waals surface area contributed by atoms with E-state index >= 15 is 0 Å². The van der Waals surface area contributed by atoms with E-state index < -0.39 is 17.8 Å². The van der Waals surface area contributed by atoms with Gasteiger partial charge < -0.3 is 9.47 Å². The van der Waals surface area contributed by atoms with E-state index in [1.54, 1.807) is 30.3 Å². The number of unbranched alkanes of at least 4 members (excludes halogenated alkanes) is 1. The summed E-state index contributed by atoms with van der Waals surface area (Å²) in [6.07, 6.45) is 0.688. The molecule has 0 spiro atoms. The summed E-state index contributed by atoms with van der Waals surface area (Å²) in [6, 6.07) is 10.7. The lowest BCUT2D eigenvalue weighted by molar-refractivity contribution is 0.0988. The van der Waals surface area contributed by atoms with Gasteiger partial charge in [0.25, 0.3) is 0 Å². The molecule has 0 unspecified atom stereocenters. The maximum Gasteiger partial charge on any atom is 0.513 e. The lowest BCUT2D eigenvalue weighted by Crippen LogP contribution is -2.12. The van der Waals surface area contributed by atoms with E-state index in [-0.39, 0.29) is 17.7 Å². The predicted molar refractivity (Wildman–Crippen MR) is 88.3 cm³/mol. The Balaban J connectivity index is 2.13. The highest BCUT2D eigenvalue weighted by molar-refractivity contribution is 6.06. The van der Waals surface area contributed by atoms with Crippen LogP contribution in [0.2, 0.25) is 0 Å². The summed E-state index contributed by atoms with van der Waals surface area (Å²) in [6.45, 7) is 2.20. The molecule has 124 valence electrons.